The molecule has 0 saturated carbocycles. The second kappa shape index (κ2) is 4.22. The first-order valence-corrected chi connectivity index (χ1v) is 5.72. The van der Waals surface area contributed by atoms with Crippen LogP contribution < -0.4 is 4.74 Å². The number of benzene rings is 1. The first kappa shape index (κ1) is 10.9. The van der Waals surface area contributed by atoms with E-state index in [2.05, 4.69) is 0 Å². The van der Waals surface area contributed by atoms with Gasteiger partial charge in [-0.2, -0.15) is 0 Å². The van der Waals surface area contributed by atoms with Gasteiger partial charge in [0, 0.05) is 6.92 Å². The van der Waals surface area contributed by atoms with Crippen molar-refractivity contribution < 1.29 is 19.0 Å². The van der Waals surface area contributed by atoms with Crippen molar-refractivity contribution in [3.63, 3.8) is 0 Å². The number of rotatable bonds is 1. The zero-order valence-corrected chi connectivity index (χ0v) is 9.88. The minimum atomic E-state index is -0.732. The molecule has 4 nitrogen and oxygen atoms in total. The van der Waals surface area contributed by atoms with Gasteiger partial charge in [0.1, 0.15) is 18.1 Å². The first-order chi connectivity index (χ1) is 8.75. The molecule has 1 atom stereocenters. The minimum Gasteiger partial charge on any atom is -0.488 e. The van der Waals surface area contributed by atoms with Gasteiger partial charge < -0.3 is 14.2 Å². The van der Waals surface area contributed by atoms with E-state index in [0.717, 1.165) is 16.9 Å². The molecule has 2 heterocycles. The highest BCUT2D eigenvalue weighted by Crippen LogP contribution is 2.38. The summed E-state index contributed by atoms with van der Waals surface area (Å²) in [5.41, 5.74) is 1.63. The average Bonchev–Trinajstić information content (AvgIpc) is 2.38. The van der Waals surface area contributed by atoms with Gasteiger partial charge in [-0.05, 0) is 24.3 Å². The number of carbonyl (C=O) groups excluding carboxylic acids is 1. The summed E-state index contributed by atoms with van der Waals surface area (Å²) in [7, 11) is 0. The van der Waals surface area contributed by atoms with Crippen molar-refractivity contribution in [1.29, 1.82) is 0 Å². The second-order valence-electron chi connectivity index (χ2n) is 4.05. The van der Waals surface area contributed by atoms with Crippen LogP contribution in [0.2, 0.25) is 0 Å². The number of esters is 1. The molecule has 1 unspecified atom stereocenters. The van der Waals surface area contributed by atoms with Gasteiger partial charge in [-0.15, -0.1) is 0 Å². The summed E-state index contributed by atoms with van der Waals surface area (Å²) in [4.78, 5) is 11.1. The molecule has 0 spiro atoms. The molecule has 0 N–H and O–H groups in total. The highest BCUT2D eigenvalue weighted by Gasteiger charge is 2.31. The maximum atomic E-state index is 11.1. The van der Waals surface area contributed by atoms with Crippen LogP contribution in [-0.4, -0.2) is 18.9 Å². The Labute approximate surface area is 104 Å². The van der Waals surface area contributed by atoms with Crippen LogP contribution in [0, 0.1) is 0 Å². The van der Waals surface area contributed by atoms with Gasteiger partial charge in [0.05, 0.1) is 11.1 Å². The summed E-state index contributed by atoms with van der Waals surface area (Å²) in [6.07, 6.45) is 3.01. The van der Waals surface area contributed by atoms with Gasteiger partial charge in [-0.3, -0.25) is 4.79 Å². The van der Waals surface area contributed by atoms with E-state index in [0.29, 0.717) is 12.4 Å². The Morgan fingerprint density at radius 3 is 3.06 bits per heavy atom. The molecule has 0 fully saturated rings. The van der Waals surface area contributed by atoms with Crippen molar-refractivity contribution in [3.05, 3.63) is 47.6 Å². The monoisotopic (exact) mass is 244 g/mol. The fourth-order valence-electron chi connectivity index (χ4n) is 2.06. The van der Waals surface area contributed by atoms with E-state index in [4.69, 9.17) is 14.2 Å². The molecule has 0 aromatic heterocycles. The van der Waals surface area contributed by atoms with Crippen LogP contribution in [0.5, 0.6) is 5.75 Å². The number of hydrogen-bond donors (Lipinski definition) is 0. The van der Waals surface area contributed by atoms with Crippen LogP contribution in [0.3, 0.4) is 0 Å². The van der Waals surface area contributed by atoms with Crippen LogP contribution in [0.25, 0.3) is 5.76 Å². The summed E-state index contributed by atoms with van der Waals surface area (Å²) in [6.45, 7) is 1.87. The zero-order valence-electron chi connectivity index (χ0n) is 9.88. The number of carbonyl (C=O) groups is 1. The molecule has 92 valence electrons. The predicted molar refractivity (Wildman–Crippen MR) is 64.6 cm³/mol. The summed E-state index contributed by atoms with van der Waals surface area (Å²) in [5, 5.41) is 0. The molecule has 0 saturated heterocycles. The van der Waals surface area contributed by atoms with Crippen molar-refractivity contribution in [2.45, 2.75) is 13.2 Å². The summed E-state index contributed by atoms with van der Waals surface area (Å²) >= 11 is 0. The van der Waals surface area contributed by atoms with Gasteiger partial charge in [0.15, 0.2) is 0 Å². The Morgan fingerprint density at radius 2 is 2.22 bits per heavy atom. The normalized spacial score (nSPS) is 20.4. The number of para-hydroxylation sites is 1. The summed E-state index contributed by atoms with van der Waals surface area (Å²) < 4.78 is 16.5. The lowest BCUT2D eigenvalue weighted by atomic mass is 10.0. The van der Waals surface area contributed by atoms with Crippen molar-refractivity contribution >= 4 is 11.7 Å². The molecule has 3 rings (SSSR count). The zero-order chi connectivity index (χ0) is 12.5. The van der Waals surface area contributed by atoms with Crippen molar-refractivity contribution in [2.24, 2.45) is 0 Å². The molecule has 4 heteroatoms. The Balaban J connectivity index is 2.08. The van der Waals surface area contributed by atoms with Crippen LogP contribution in [0.4, 0.5) is 0 Å². The third-order valence-electron chi connectivity index (χ3n) is 2.78. The molecule has 0 aliphatic carbocycles. The maximum absolute atomic E-state index is 11.1. The van der Waals surface area contributed by atoms with Crippen molar-refractivity contribution in [1.82, 2.24) is 0 Å². The molecule has 2 aliphatic heterocycles. The summed E-state index contributed by atoms with van der Waals surface area (Å²) in [5.74, 6) is 1.01. The molecule has 2 aliphatic rings. The molecule has 1 aromatic rings. The lowest BCUT2D eigenvalue weighted by Gasteiger charge is -2.30. The predicted octanol–water partition coefficient (Wildman–Crippen LogP) is 2.27. The van der Waals surface area contributed by atoms with E-state index < -0.39 is 6.29 Å². The fourth-order valence-corrected chi connectivity index (χ4v) is 2.06. The number of ether oxygens (including phenoxy) is 3. The topological polar surface area (TPSA) is 44.8 Å². The highest BCUT2D eigenvalue weighted by atomic mass is 16.7. The van der Waals surface area contributed by atoms with Crippen molar-refractivity contribution in [2.75, 3.05) is 6.61 Å². The summed E-state index contributed by atoms with van der Waals surface area (Å²) in [6, 6.07) is 7.54. The van der Waals surface area contributed by atoms with Gasteiger partial charge in [0.25, 0.3) is 6.29 Å². The molecule has 18 heavy (non-hydrogen) atoms. The highest BCUT2D eigenvalue weighted by molar-refractivity contribution is 5.75. The fraction of sp³-hybridized carbons (Fsp3) is 0.214. The van der Waals surface area contributed by atoms with E-state index in [-0.39, 0.29) is 5.97 Å². The Hall–Kier alpha value is -2.23. The largest absolute Gasteiger partial charge is 0.488 e. The lowest BCUT2D eigenvalue weighted by molar-refractivity contribution is -0.156. The van der Waals surface area contributed by atoms with E-state index >= 15 is 0 Å². The third-order valence-corrected chi connectivity index (χ3v) is 2.78. The SMILES string of the molecule is CC(=O)OC1Oc2ccccc2C2=C1C=CCO2. The van der Waals surface area contributed by atoms with Crippen molar-refractivity contribution in [3.8, 4) is 5.75 Å². The van der Waals surface area contributed by atoms with E-state index in [1.54, 1.807) is 0 Å². The molecule has 0 bridgehead atoms. The Bertz CT molecular complexity index is 557. The molecular formula is C14H12O4. The van der Waals surface area contributed by atoms with Gasteiger partial charge >= 0.3 is 5.97 Å². The van der Waals surface area contributed by atoms with Crippen LogP contribution in [0.1, 0.15) is 12.5 Å². The quantitative estimate of drug-likeness (QED) is 0.711. The van der Waals surface area contributed by atoms with Gasteiger partial charge in [-0.1, -0.05) is 12.1 Å². The van der Waals surface area contributed by atoms with E-state index in [1.807, 2.05) is 36.4 Å². The Kier molecular flexibility index (Phi) is 2.55. The van der Waals surface area contributed by atoms with Gasteiger partial charge in [0.2, 0.25) is 0 Å². The Morgan fingerprint density at radius 1 is 1.39 bits per heavy atom. The molecular weight excluding hydrogens is 232 g/mol. The maximum Gasteiger partial charge on any atom is 0.305 e. The molecule has 0 amide bonds. The number of hydrogen-bond acceptors (Lipinski definition) is 4. The smallest absolute Gasteiger partial charge is 0.305 e. The van der Waals surface area contributed by atoms with Crippen LogP contribution in [0.15, 0.2) is 42.0 Å². The molecule has 1 aromatic carbocycles. The van der Waals surface area contributed by atoms with Gasteiger partial charge in [-0.25, -0.2) is 0 Å². The third kappa shape index (κ3) is 1.76. The van der Waals surface area contributed by atoms with E-state index in [1.165, 1.54) is 6.92 Å². The first-order valence-electron chi connectivity index (χ1n) is 5.72. The number of fused-ring (bicyclic) bond motifs is 2. The second-order valence-corrected chi connectivity index (χ2v) is 4.05. The standard InChI is InChI=1S/C14H12O4/c1-9(15)17-14-11-6-4-8-16-13(11)10-5-2-3-7-12(10)18-14/h2-7,14H,8H2,1H3. The van der Waals surface area contributed by atoms with Crippen LogP contribution >= 0.6 is 0 Å². The molecule has 0 radical (unpaired) electrons. The lowest BCUT2D eigenvalue weighted by Crippen LogP contribution is -2.30. The minimum absolute atomic E-state index is 0.384. The van der Waals surface area contributed by atoms with E-state index in [9.17, 15) is 4.79 Å². The van der Waals surface area contributed by atoms with Crippen LogP contribution in [-0.2, 0) is 14.3 Å². The average molecular weight is 244 g/mol.